The Balaban J connectivity index is 5.29. The van der Waals surface area contributed by atoms with Gasteiger partial charge in [0.1, 0.15) is 18.1 Å². The fraction of sp³-hybridized carbons (Fsp3) is 0.800. The van der Waals surface area contributed by atoms with Crippen molar-refractivity contribution < 1.29 is 24.3 Å². The molecule has 0 aliphatic rings. The predicted molar refractivity (Wildman–Crippen MR) is 114 cm³/mol. The van der Waals surface area contributed by atoms with Crippen LogP contribution >= 0.6 is 0 Å². The standard InChI is InChI=1S/C20H39N5O5/c1-12(2)9-15(23-17(26)11-22)18(27)25-16(10-13(3)4)19(28)24-14(20(29)30)7-5-6-8-21/h12-16H,5-11,21-22H2,1-4H3,(H,23,26)(H,24,28)(H,25,27)(H,29,30)/t14-,15+,16+/m1/s1. The summed E-state index contributed by atoms with van der Waals surface area (Å²) in [4.78, 5) is 48.7. The maximum absolute atomic E-state index is 12.8. The first-order valence-corrected chi connectivity index (χ1v) is 10.5. The number of nitrogens with one attached hydrogen (secondary N) is 3. The van der Waals surface area contributed by atoms with Crippen LogP contribution in [0.2, 0.25) is 0 Å². The van der Waals surface area contributed by atoms with Crippen molar-refractivity contribution in [3.8, 4) is 0 Å². The summed E-state index contributed by atoms with van der Waals surface area (Å²) in [5, 5.41) is 17.2. The molecular formula is C20H39N5O5. The molecule has 8 N–H and O–H groups in total. The van der Waals surface area contributed by atoms with E-state index in [0.29, 0.717) is 32.2 Å². The van der Waals surface area contributed by atoms with Crippen molar-refractivity contribution >= 4 is 23.7 Å². The van der Waals surface area contributed by atoms with Crippen LogP contribution in [0.4, 0.5) is 0 Å². The number of unbranched alkanes of at least 4 members (excludes halogenated alkanes) is 1. The molecule has 174 valence electrons. The minimum Gasteiger partial charge on any atom is -0.480 e. The fourth-order valence-corrected chi connectivity index (χ4v) is 2.95. The fourth-order valence-electron chi connectivity index (χ4n) is 2.95. The van der Waals surface area contributed by atoms with Crippen LogP contribution in [0, 0.1) is 11.8 Å². The highest BCUT2D eigenvalue weighted by molar-refractivity contribution is 5.93. The lowest BCUT2D eigenvalue weighted by atomic mass is 9.99. The van der Waals surface area contributed by atoms with E-state index in [1.807, 2.05) is 27.7 Å². The van der Waals surface area contributed by atoms with Gasteiger partial charge in [-0.1, -0.05) is 27.7 Å². The summed E-state index contributed by atoms with van der Waals surface area (Å²) >= 11 is 0. The Kier molecular flexibility index (Phi) is 13.7. The number of nitrogens with two attached hydrogens (primary N) is 2. The molecule has 0 aliphatic carbocycles. The summed E-state index contributed by atoms with van der Waals surface area (Å²) in [7, 11) is 0. The van der Waals surface area contributed by atoms with Crippen molar-refractivity contribution in [1.82, 2.24) is 16.0 Å². The molecule has 0 aromatic carbocycles. The molecule has 10 heteroatoms. The van der Waals surface area contributed by atoms with Gasteiger partial charge in [0.2, 0.25) is 17.7 Å². The Morgan fingerprint density at radius 3 is 1.63 bits per heavy atom. The summed E-state index contributed by atoms with van der Waals surface area (Å²) in [6.07, 6.45) is 2.18. The van der Waals surface area contributed by atoms with Gasteiger partial charge >= 0.3 is 5.97 Å². The van der Waals surface area contributed by atoms with E-state index < -0.39 is 41.8 Å². The molecular weight excluding hydrogens is 390 g/mol. The molecule has 0 unspecified atom stereocenters. The zero-order valence-electron chi connectivity index (χ0n) is 18.6. The molecule has 0 radical (unpaired) electrons. The topological polar surface area (TPSA) is 177 Å². The van der Waals surface area contributed by atoms with Gasteiger partial charge in [0.25, 0.3) is 0 Å². The third kappa shape index (κ3) is 11.7. The van der Waals surface area contributed by atoms with Gasteiger partial charge in [-0.15, -0.1) is 0 Å². The summed E-state index contributed by atoms with van der Waals surface area (Å²) in [5.74, 6) is -2.47. The van der Waals surface area contributed by atoms with Gasteiger partial charge in [-0.25, -0.2) is 4.79 Å². The first kappa shape index (κ1) is 27.8. The van der Waals surface area contributed by atoms with E-state index in [1.165, 1.54) is 0 Å². The largest absolute Gasteiger partial charge is 0.480 e. The maximum atomic E-state index is 12.8. The van der Waals surface area contributed by atoms with Gasteiger partial charge in [0, 0.05) is 0 Å². The Morgan fingerprint density at radius 1 is 0.767 bits per heavy atom. The molecule has 0 spiro atoms. The SMILES string of the molecule is CC(C)C[C@H](NC(=O)CN)C(=O)N[C@@H](CC(C)C)C(=O)N[C@H](CCCCN)C(=O)O. The van der Waals surface area contributed by atoms with Gasteiger partial charge in [-0.2, -0.15) is 0 Å². The number of carbonyl (C=O) groups is 4. The summed E-state index contributed by atoms with van der Waals surface area (Å²) < 4.78 is 0. The number of hydrogen-bond acceptors (Lipinski definition) is 6. The van der Waals surface area contributed by atoms with Crippen LogP contribution in [0.1, 0.15) is 59.8 Å². The second kappa shape index (κ2) is 14.7. The minimum absolute atomic E-state index is 0.0729. The highest BCUT2D eigenvalue weighted by Crippen LogP contribution is 2.10. The summed E-state index contributed by atoms with van der Waals surface area (Å²) in [5.41, 5.74) is 10.8. The van der Waals surface area contributed by atoms with Crippen LogP contribution in [0.25, 0.3) is 0 Å². The first-order chi connectivity index (χ1) is 14.0. The van der Waals surface area contributed by atoms with E-state index in [2.05, 4.69) is 16.0 Å². The Labute approximate surface area is 178 Å². The lowest BCUT2D eigenvalue weighted by Gasteiger charge is -2.26. The van der Waals surface area contributed by atoms with Gasteiger partial charge in [0.15, 0.2) is 0 Å². The van der Waals surface area contributed by atoms with Gasteiger partial charge < -0.3 is 32.5 Å². The van der Waals surface area contributed by atoms with Crippen molar-refractivity contribution in [3.05, 3.63) is 0 Å². The van der Waals surface area contributed by atoms with E-state index in [1.54, 1.807) is 0 Å². The Bertz CT molecular complexity index is 568. The first-order valence-electron chi connectivity index (χ1n) is 10.5. The average molecular weight is 430 g/mol. The van der Waals surface area contributed by atoms with Crippen LogP contribution in [0.5, 0.6) is 0 Å². The highest BCUT2D eigenvalue weighted by atomic mass is 16.4. The lowest BCUT2D eigenvalue weighted by Crippen LogP contribution is -2.56. The molecule has 3 atom stereocenters. The van der Waals surface area contributed by atoms with Crippen LogP contribution < -0.4 is 27.4 Å². The molecule has 0 bridgehead atoms. The molecule has 0 aromatic heterocycles. The van der Waals surface area contributed by atoms with Gasteiger partial charge in [-0.3, -0.25) is 14.4 Å². The quantitative estimate of drug-likeness (QED) is 0.194. The van der Waals surface area contributed by atoms with Crippen molar-refractivity contribution in [1.29, 1.82) is 0 Å². The van der Waals surface area contributed by atoms with Crippen LogP contribution in [-0.4, -0.2) is 60.0 Å². The second-order valence-electron chi connectivity index (χ2n) is 8.33. The molecule has 30 heavy (non-hydrogen) atoms. The van der Waals surface area contributed by atoms with E-state index in [9.17, 15) is 24.3 Å². The molecule has 0 aromatic rings. The number of carboxylic acid groups (broad SMARTS) is 1. The third-order valence-electron chi connectivity index (χ3n) is 4.45. The monoisotopic (exact) mass is 429 g/mol. The number of carboxylic acids is 1. The normalized spacial score (nSPS) is 14.1. The second-order valence-corrected chi connectivity index (χ2v) is 8.33. The van der Waals surface area contributed by atoms with Crippen molar-refractivity contribution in [2.75, 3.05) is 13.1 Å². The third-order valence-corrected chi connectivity index (χ3v) is 4.45. The van der Waals surface area contributed by atoms with E-state index in [4.69, 9.17) is 11.5 Å². The molecule has 10 nitrogen and oxygen atoms in total. The zero-order chi connectivity index (χ0) is 23.3. The van der Waals surface area contributed by atoms with Crippen molar-refractivity contribution in [2.45, 2.75) is 77.9 Å². The summed E-state index contributed by atoms with van der Waals surface area (Å²) in [6, 6.07) is -2.80. The van der Waals surface area contributed by atoms with Crippen LogP contribution in [-0.2, 0) is 19.2 Å². The molecule has 0 fully saturated rings. The summed E-state index contributed by atoms with van der Waals surface area (Å²) in [6.45, 7) is 7.80. The smallest absolute Gasteiger partial charge is 0.326 e. The van der Waals surface area contributed by atoms with Crippen LogP contribution in [0.15, 0.2) is 0 Å². The Hall–Kier alpha value is -2.20. The molecule has 0 saturated carbocycles. The van der Waals surface area contributed by atoms with E-state index in [0.717, 1.165) is 0 Å². The molecule has 3 amide bonds. The Morgan fingerprint density at radius 2 is 1.23 bits per heavy atom. The molecule has 0 saturated heterocycles. The maximum Gasteiger partial charge on any atom is 0.326 e. The van der Waals surface area contributed by atoms with E-state index >= 15 is 0 Å². The average Bonchev–Trinajstić information content (AvgIpc) is 2.64. The minimum atomic E-state index is -1.14. The van der Waals surface area contributed by atoms with E-state index in [-0.39, 0.29) is 24.8 Å². The zero-order valence-corrected chi connectivity index (χ0v) is 18.6. The van der Waals surface area contributed by atoms with Crippen molar-refractivity contribution in [3.63, 3.8) is 0 Å². The number of aliphatic carboxylic acids is 1. The van der Waals surface area contributed by atoms with Gasteiger partial charge in [-0.05, 0) is 50.5 Å². The van der Waals surface area contributed by atoms with Gasteiger partial charge in [0.05, 0.1) is 6.54 Å². The lowest BCUT2D eigenvalue weighted by molar-refractivity contribution is -0.142. The molecule has 0 aliphatic heterocycles. The predicted octanol–water partition coefficient (Wildman–Crippen LogP) is -0.295. The molecule has 0 rings (SSSR count). The van der Waals surface area contributed by atoms with Crippen molar-refractivity contribution in [2.24, 2.45) is 23.3 Å². The number of rotatable bonds is 15. The number of hydrogen-bond donors (Lipinski definition) is 6. The highest BCUT2D eigenvalue weighted by Gasteiger charge is 2.30. The number of amides is 3. The van der Waals surface area contributed by atoms with Crippen LogP contribution in [0.3, 0.4) is 0 Å². The molecule has 0 heterocycles. The number of carbonyl (C=O) groups excluding carboxylic acids is 3.